The number of nitrogens with two attached hydrogens (primary N) is 1. The van der Waals surface area contributed by atoms with Gasteiger partial charge in [0.1, 0.15) is 0 Å². The standard InChI is InChI=1S/C14H29NO/c1-12(2)13-5-8-14(11-15,9-6-13)7-4-10-16-3/h12-13H,4-11,15H2,1-3H3. The maximum atomic E-state index is 6.00. The van der Waals surface area contributed by atoms with E-state index < -0.39 is 0 Å². The fourth-order valence-corrected chi connectivity index (χ4v) is 3.07. The van der Waals surface area contributed by atoms with Crippen LogP contribution in [0.5, 0.6) is 0 Å². The molecule has 0 spiro atoms. The zero-order valence-corrected chi connectivity index (χ0v) is 11.3. The molecule has 0 radical (unpaired) electrons. The largest absolute Gasteiger partial charge is 0.385 e. The van der Waals surface area contributed by atoms with E-state index in [1.165, 1.54) is 38.5 Å². The summed E-state index contributed by atoms with van der Waals surface area (Å²) in [4.78, 5) is 0. The zero-order valence-electron chi connectivity index (χ0n) is 11.3. The van der Waals surface area contributed by atoms with Crippen molar-refractivity contribution in [1.82, 2.24) is 0 Å². The van der Waals surface area contributed by atoms with Gasteiger partial charge in [0.15, 0.2) is 0 Å². The van der Waals surface area contributed by atoms with Crippen LogP contribution in [0.1, 0.15) is 52.4 Å². The van der Waals surface area contributed by atoms with E-state index in [0.29, 0.717) is 5.41 Å². The highest BCUT2D eigenvalue weighted by Gasteiger charge is 2.34. The highest BCUT2D eigenvalue weighted by Crippen LogP contribution is 2.43. The Morgan fingerprint density at radius 1 is 1.31 bits per heavy atom. The second-order valence-electron chi connectivity index (χ2n) is 5.88. The van der Waals surface area contributed by atoms with Gasteiger partial charge in [-0.05, 0) is 62.3 Å². The first-order chi connectivity index (χ1) is 7.63. The van der Waals surface area contributed by atoms with Crippen molar-refractivity contribution in [3.8, 4) is 0 Å². The lowest BCUT2D eigenvalue weighted by Gasteiger charge is -2.41. The molecule has 1 saturated carbocycles. The fraction of sp³-hybridized carbons (Fsp3) is 1.00. The first-order valence-corrected chi connectivity index (χ1v) is 6.82. The van der Waals surface area contributed by atoms with Crippen LogP contribution in [0, 0.1) is 17.3 Å². The van der Waals surface area contributed by atoms with Gasteiger partial charge in [-0.1, -0.05) is 13.8 Å². The number of hydrogen-bond donors (Lipinski definition) is 1. The van der Waals surface area contributed by atoms with E-state index >= 15 is 0 Å². The van der Waals surface area contributed by atoms with Gasteiger partial charge in [0.25, 0.3) is 0 Å². The third kappa shape index (κ3) is 3.74. The molecule has 1 aliphatic rings. The number of hydrogen-bond acceptors (Lipinski definition) is 2. The van der Waals surface area contributed by atoms with Gasteiger partial charge in [-0.3, -0.25) is 0 Å². The van der Waals surface area contributed by atoms with Crippen molar-refractivity contribution in [2.75, 3.05) is 20.3 Å². The minimum atomic E-state index is 0.434. The molecule has 1 fully saturated rings. The minimum absolute atomic E-state index is 0.434. The summed E-state index contributed by atoms with van der Waals surface area (Å²) in [6.07, 6.45) is 7.83. The van der Waals surface area contributed by atoms with Gasteiger partial charge >= 0.3 is 0 Å². The van der Waals surface area contributed by atoms with E-state index in [9.17, 15) is 0 Å². The van der Waals surface area contributed by atoms with Crippen LogP contribution in [0.4, 0.5) is 0 Å². The third-order valence-electron chi connectivity index (χ3n) is 4.52. The number of rotatable bonds is 6. The van der Waals surface area contributed by atoms with E-state index in [4.69, 9.17) is 10.5 Å². The van der Waals surface area contributed by atoms with Crippen LogP contribution in [0.15, 0.2) is 0 Å². The lowest BCUT2D eigenvalue weighted by molar-refractivity contribution is 0.104. The van der Waals surface area contributed by atoms with Gasteiger partial charge in [-0.2, -0.15) is 0 Å². The van der Waals surface area contributed by atoms with E-state index in [1.807, 2.05) is 0 Å². The molecule has 0 saturated heterocycles. The average molecular weight is 227 g/mol. The van der Waals surface area contributed by atoms with Crippen molar-refractivity contribution < 1.29 is 4.74 Å². The summed E-state index contributed by atoms with van der Waals surface area (Å²) in [6, 6.07) is 0. The maximum Gasteiger partial charge on any atom is 0.0462 e. The SMILES string of the molecule is COCCCC1(CN)CCC(C(C)C)CC1. The van der Waals surface area contributed by atoms with Crippen LogP contribution in [-0.2, 0) is 4.74 Å². The third-order valence-corrected chi connectivity index (χ3v) is 4.52. The zero-order chi connectivity index (χ0) is 12.0. The van der Waals surface area contributed by atoms with Gasteiger partial charge in [-0.25, -0.2) is 0 Å². The molecule has 0 aromatic heterocycles. The molecule has 0 atom stereocenters. The molecule has 2 nitrogen and oxygen atoms in total. The Kier molecular flexibility index (Phi) is 5.77. The van der Waals surface area contributed by atoms with Crippen LogP contribution in [0.3, 0.4) is 0 Å². The Bertz CT molecular complexity index is 183. The molecule has 96 valence electrons. The van der Waals surface area contributed by atoms with Crippen molar-refractivity contribution >= 4 is 0 Å². The van der Waals surface area contributed by atoms with E-state index in [0.717, 1.165) is 25.0 Å². The van der Waals surface area contributed by atoms with Gasteiger partial charge in [-0.15, -0.1) is 0 Å². The Hall–Kier alpha value is -0.0800. The van der Waals surface area contributed by atoms with Crippen molar-refractivity contribution in [3.63, 3.8) is 0 Å². The van der Waals surface area contributed by atoms with Crippen LogP contribution < -0.4 is 5.73 Å². The normalized spacial score (nSPS) is 30.9. The quantitative estimate of drug-likeness (QED) is 0.707. The molecule has 2 heteroatoms. The summed E-state index contributed by atoms with van der Waals surface area (Å²) in [5, 5.41) is 0. The minimum Gasteiger partial charge on any atom is -0.385 e. The van der Waals surface area contributed by atoms with Gasteiger partial charge in [0, 0.05) is 13.7 Å². The number of methoxy groups -OCH3 is 1. The van der Waals surface area contributed by atoms with Crippen molar-refractivity contribution in [2.24, 2.45) is 23.0 Å². The monoisotopic (exact) mass is 227 g/mol. The van der Waals surface area contributed by atoms with E-state index in [-0.39, 0.29) is 0 Å². The second kappa shape index (κ2) is 6.61. The van der Waals surface area contributed by atoms with E-state index in [1.54, 1.807) is 7.11 Å². The maximum absolute atomic E-state index is 6.00. The predicted octanol–water partition coefficient (Wildman–Crippen LogP) is 3.20. The van der Waals surface area contributed by atoms with Gasteiger partial charge in [0.05, 0.1) is 0 Å². The molecule has 0 bridgehead atoms. The van der Waals surface area contributed by atoms with Crippen molar-refractivity contribution in [3.05, 3.63) is 0 Å². The highest BCUT2D eigenvalue weighted by molar-refractivity contribution is 4.87. The summed E-state index contributed by atoms with van der Waals surface area (Å²) < 4.78 is 5.14. The summed E-state index contributed by atoms with van der Waals surface area (Å²) in [6.45, 7) is 6.45. The van der Waals surface area contributed by atoms with Crippen LogP contribution in [0.25, 0.3) is 0 Å². The van der Waals surface area contributed by atoms with Crippen molar-refractivity contribution in [2.45, 2.75) is 52.4 Å². The topological polar surface area (TPSA) is 35.2 Å². The smallest absolute Gasteiger partial charge is 0.0462 e. The molecule has 0 unspecified atom stereocenters. The Labute approximate surface area is 101 Å². The first-order valence-electron chi connectivity index (χ1n) is 6.82. The Balaban J connectivity index is 2.38. The molecule has 0 aromatic carbocycles. The molecule has 16 heavy (non-hydrogen) atoms. The Morgan fingerprint density at radius 3 is 2.38 bits per heavy atom. The summed E-state index contributed by atoms with van der Waals surface area (Å²) >= 11 is 0. The Morgan fingerprint density at radius 2 is 1.94 bits per heavy atom. The highest BCUT2D eigenvalue weighted by atomic mass is 16.5. The molecule has 2 N–H and O–H groups in total. The average Bonchev–Trinajstić information content (AvgIpc) is 2.30. The lowest BCUT2D eigenvalue weighted by atomic mass is 9.66. The molecule has 0 aliphatic heterocycles. The van der Waals surface area contributed by atoms with Crippen LogP contribution >= 0.6 is 0 Å². The lowest BCUT2D eigenvalue weighted by Crippen LogP contribution is -2.36. The van der Waals surface area contributed by atoms with Gasteiger partial charge < -0.3 is 10.5 Å². The first kappa shape index (κ1) is 14.0. The van der Waals surface area contributed by atoms with Crippen LogP contribution in [0.2, 0.25) is 0 Å². The molecule has 0 amide bonds. The summed E-state index contributed by atoms with van der Waals surface area (Å²) in [5.41, 5.74) is 6.44. The molecule has 1 aliphatic carbocycles. The van der Waals surface area contributed by atoms with Gasteiger partial charge in [0.2, 0.25) is 0 Å². The van der Waals surface area contributed by atoms with Crippen LogP contribution in [-0.4, -0.2) is 20.3 Å². The summed E-state index contributed by atoms with van der Waals surface area (Å²) in [7, 11) is 1.78. The predicted molar refractivity (Wildman–Crippen MR) is 69.4 cm³/mol. The molecule has 0 aromatic rings. The molecular formula is C14H29NO. The summed E-state index contributed by atoms with van der Waals surface area (Å²) in [5.74, 6) is 1.77. The molecule has 0 heterocycles. The molecular weight excluding hydrogens is 198 g/mol. The number of ether oxygens (including phenoxy) is 1. The fourth-order valence-electron chi connectivity index (χ4n) is 3.07. The molecule has 1 rings (SSSR count). The van der Waals surface area contributed by atoms with Crippen molar-refractivity contribution in [1.29, 1.82) is 0 Å². The second-order valence-corrected chi connectivity index (χ2v) is 5.88. The van der Waals surface area contributed by atoms with E-state index in [2.05, 4.69) is 13.8 Å².